The van der Waals surface area contributed by atoms with E-state index < -0.39 is 0 Å². The van der Waals surface area contributed by atoms with Gasteiger partial charge < -0.3 is 9.64 Å². The number of hydrogen-bond donors (Lipinski definition) is 0. The molecule has 1 aromatic heterocycles. The normalized spacial score (nSPS) is 13.8. The van der Waals surface area contributed by atoms with Crippen LogP contribution in [0.1, 0.15) is 11.6 Å². The minimum absolute atomic E-state index is 0.0387. The lowest BCUT2D eigenvalue weighted by Crippen LogP contribution is -2.53. The molecule has 1 aliphatic heterocycles. The van der Waals surface area contributed by atoms with Gasteiger partial charge in [-0.05, 0) is 23.8 Å². The number of carbonyl (C=O) groups is 1. The van der Waals surface area contributed by atoms with Gasteiger partial charge in [0.15, 0.2) is 0 Å². The molecular formula is C22H21N3O3. The van der Waals surface area contributed by atoms with Gasteiger partial charge in [-0.3, -0.25) is 9.59 Å². The standard InChI is InChI=1S/C22H21N3O3/c1-28-19-9-5-6-16(12-19)13-22(27)24-14-18(15-24)25-21(26)11-10-20(23-25)17-7-3-2-4-8-17/h2-12,18H,13-15H2,1H3. The Bertz CT molecular complexity index is 1040. The summed E-state index contributed by atoms with van der Waals surface area (Å²) in [5.74, 6) is 0.775. The zero-order valence-electron chi connectivity index (χ0n) is 15.6. The molecule has 2 heterocycles. The molecule has 0 aliphatic carbocycles. The molecule has 2 aromatic carbocycles. The molecule has 1 aliphatic rings. The van der Waals surface area contributed by atoms with Crippen molar-refractivity contribution < 1.29 is 9.53 Å². The third-order valence-electron chi connectivity index (χ3n) is 4.94. The largest absolute Gasteiger partial charge is 0.497 e. The zero-order chi connectivity index (χ0) is 19.5. The Morgan fingerprint density at radius 1 is 1.07 bits per heavy atom. The fraction of sp³-hybridized carbons (Fsp3) is 0.227. The maximum Gasteiger partial charge on any atom is 0.267 e. The zero-order valence-corrected chi connectivity index (χ0v) is 15.6. The van der Waals surface area contributed by atoms with E-state index in [2.05, 4.69) is 5.10 Å². The van der Waals surface area contributed by atoms with Crippen LogP contribution in [-0.4, -0.2) is 40.8 Å². The summed E-state index contributed by atoms with van der Waals surface area (Å²) in [6.45, 7) is 0.988. The van der Waals surface area contributed by atoms with Gasteiger partial charge in [0.05, 0.1) is 25.3 Å². The molecule has 0 N–H and O–H groups in total. The number of methoxy groups -OCH3 is 1. The second kappa shape index (κ2) is 7.68. The van der Waals surface area contributed by atoms with Crippen LogP contribution < -0.4 is 10.3 Å². The number of rotatable bonds is 5. The van der Waals surface area contributed by atoms with Crippen LogP contribution in [0, 0.1) is 0 Å². The van der Waals surface area contributed by atoms with E-state index in [9.17, 15) is 9.59 Å². The monoisotopic (exact) mass is 375 g/mol. The Labute approximate surface area is 163 Å². The lowest BCUT2D eigenvalue weighted by atomic mass is 10.1. The molecule has 0 spiro atoms. The van der Waals surface area contributed by atoms with E-state index in [1.54, 1.807) is 18.1 Å². The number of amides is 1. The molecule has 3 aromatic rings. The number of likely N-dealkylation sites (tertiary alicyclic amines) is 1. The molecule has 0 atom stereocenters. The maximum absolute atomic E-state index is 12.5. The molecule has 1 amide bonds. The molecule has 28 heavy (non-hydrogen) atoms. The van der Waals surface area contributed by atoms with Gasteiger partial charge >= 0.3 is 0 Å². The van der Waals surface area contributed by atoms with Crippen LogP contribution in [0.4, 0.5) is 0 Å². The average Bonchev–Trinajstić information content (AvgIpc) is 2.69. The molecule has 6 heteroatoms. The van der Waals surface area contributed by atoms with Crippen LogP contribution >= 0.6 is 0 Å². The van der Waals surface area contributed by atoms with Gasteiger partial charge in [0, 0.05) is 24.7 Å². The van der Waals surface area contributed by atoms with E-state index >= 15 is 0 Å². The van der Waals surface area contributed by atoms with Crippen LogP contribution in [-0.2, 0) is 11.2 Å². The Hall–Kier alpha value is -3.41. The topological polar surface area (TPSA) is 64.4 Å². The first kappa shape index (κ1) is 18.0. The van der Waals surface area contributed by atoms with Gasteiger partial charge in [0.1, 0.15) is 5.75 Å². The predicted octanol–water partition coefficient (Wildman–Crippen LogP) is 2.54. The van der Waals surface area contributed by atoms with Crippen LogP contribution in [0.15, 0.2) is 71.5 Å². The maximum atomic E-state index is 12.5. The van der Waals surface area contributed by atoms with Crippen molar-refractivity contribution in [2.24, 2.45) is 0 Å². The highest BCUT2D eigenvalue weighted by molar-refractivity contribution is 5.79. The number of hydrogen-bond acceptors (Lipinski definition) is 4. The molecular weight excluding hydrogens is 354 g/mol. The van der Waals surface area contributed by atoms with Crippen molar-refractivity contribution in [2.75, 3.05) is 20.2 Å². The van der Waals surface area contributed by atoms with E-state index in [4.69, 9.17) is 4.74 Å². The third kappa shape index (κ3) is 3.67. The molecule has 6 nitrogen and oxygen atoms in total. The van der Waals surface area contributed by atoms with Crippen LogP contribution in [0.2, 0.25) is 0 Å². The van der Waals surface area contributed by atoms with Crippen molar-refractivity contribution in [3.63, 3.8) is 0 Å². The number of benzene rings is 2. The summed E-state index contributed by atoms with van der Waals surface area (Å²) in [7, 11) is 1.61. The average molecular weight is 375 g/mol. The Morgan fingerprint density at radius 3 is 2.61 bits per heavy atom. The summed E-state index contributed by atoms with van der Waals surface area (Å²) in [4.78, 5) is 26.5. The van der Waals surface area contributed by atoms with Crippen LogP contribution in [0.3, 0.4) is 0 Å². The van der Waals surface area contributed by atoms with Gasteiger partial charge in [-0.2, -0.15) is 5.10 Å². The first-order valence-electron chi connectivity index (χ1n) is 9.20. The fourth-order valence-corrected chi connectivity index (χ4v) is 3.33. The van der Waals surface area contributed by atoms with E-state index in [1.165, 1.54) is 10.7 Å². The highest BCUT2D eigenvalue weighted by Crippen LogP contribution is 2.22. The lowest BCUT2D eigenvalue weighted by molar-refractivity contribution is -0.136. The summed E-state index contributed by atoms with van der Waals surface area (Å²) in [6.07, 6.45) is 0.316. The second-order valence-corrected chi connectivity index (χ2v) is 6.85. The van der Waals surface area contributed by atoms with Crippen molar-refractivity contribution in [3.8, 4) is 17.0 Å². The minimum Gasteiger partial charge on any atom is -0.497 e. The van der Waals surface area contributed by atoms with Crippen LogP contribution in [0.25, 0.3) is 11.3 Å². The van der Waals surface area contributed by atoms with Gasteiger partial charge in [-0.15, -0.1) is 0 Å². The number of nitrogens with zero attached hydrogens (tertiary/aromatic N) is 3. The summed E-state index contributed by atoms with van der Waals surface area (Å²) in [5, 5.41) is 4.51. The van der Waals surface area contributed by atoms with Gasteiger partial charge in [0.2, 0.25) is 5.91 Å². The van der Waals surface area contributed by atoms with Crippen molar-refractivity contribution in [1.82, 2.24) is 14.7 Å². The molecule has 1 fully saturated rings. The first-order chi connectivity index (χ1) is 13.6. The minimum atomic E-state index is -0.149. The third-order valence-corrected chi connectivity index (χ3v) is 4.94. The van der Waals surface area contributed by atoms with E-state index in [0.717, 1.165) is 22.6 Å². The van der Waals surface area contributed by atoms with Crippen molar-refractivity contribution in [1.29, 1.82) is 0 Å². The van der Waals surface area contributed by atoms with Gasteiger partial charge in [0.25, 0.3) is 5.56 Å². The molecule has 0 radical (unpaired) electrons. The number of aromatic nitrogens is 2. The molecule has 0 unspecified atom stereocenters. The summed E-state index contributed by atoms with van der Waals surface area (Å²) in [6, 6.07) is 20.4. The SMILES string of the molecule is COc1cccc(CC(=O)N2CC(n3nc(-c4ccccc4)ccc3=O)C2)c1. The summed E-state index contributed by atoms with van der Waals surface area (Å²) >= 11 is 0. The van der Waals surface area contributed by atoms with Crippen LogP contribution in [0.5, 0.6) is 5.75 Å². The van der Waals surface area contributed by atoms with E-state index in [0.29, 0.717) is 19.5 Å². The lowest BCUT2D eigenvalue weighted by Gasteiger charge is -2.39. The summed E-state index contributed by atoms with van der Waals surface area (Å²) < 4.78 is 6.70. The smallest absolute Gasteiger partial charge is 0.267 e. The Balaban J connectivity index is 1.43. The Morgan fingerprint density at radius 2 is 1.86 bits per heavy atom. The Kier molecular flexibility index (Phi) is 4.93. The van der Waals surface area contributed by atoms with Crippen molar-refractivity contribution in [3.05, 3.63) is 82.6 Å². The molecule has 0 saturated carbocycles. The second-order valence-electron chi connectivity index (χ2n) is 6.85. The molecule has 142 valence electrons. The van der Waals surface area contributed by atoms with Gasteiger partial charge in [-0.25, -0.2) is 4.68 Å². The number of ether oxygens (including phenoxy) is 1. The fourth-order valence-electron chi connectivity index (χ4n) is 3.33. The molecule has 4 rings (SSSR count). The highest BCUT2D eigenvalue weighted by atomic mass is 16.5. The highest BCUT2D eigenvalue weighted by Gasteiger charge is 2.33. The van der Waals surface area contributed by atoms with Crippen molar-refractivity contribution in [2.45, 2.75) is 12.5 Å². The molecule has 0 bridgehead atoms. The summed E-state index contributed by atoms with van der Waals surface area (Å²) in [5.41, 5.74) is 2.47. The predicted molar refractivity (Wildman–Crippen MR) is 106 cm³/mol. The van der Waals surface area contributed by atoms with Crippen molar-refractivity contribution >= 4 is 5.91 Å². The van der Waals surface area contributed by atoms with E-state index in [-0.39, 0.29) is 17.5 Å². The number of carbonyl (C=O) groups excluding carboxylic acids is 1. The first-order valence-corrected chi connectivity index (χ1v) is 9.20. The molecule has 1 saturated heterocycles. The quantitative estimate of drug-likeness (QED) is 0.687. The van der Waals surface area contributed by atoms with Gasteiger partial charge in [-0.1, -0.05) is 42.5 Å². The van der Waals surface area contributed by atoms with E-state index in [1.807, 2.05) is 54.6 Å².